The van der Waals surface area contributed by atoms with Gasteiger partial charge in [0.1, 0.15) is 0 Å². The van der Waals surface area contributed by atoms with Gasteiger partial charge in [-0.2, -0.15) is 0 Å². The van der Waals surface area contributed by atoms with Crippen molar-refractivity contribution in [1.29, 1.82) is 0 Å². The molecule has 16 heavy (non-hydrogen) atoms. The fourth-order valence-electron chi connectivity index (χ4n) is 3.29. The highest BCUT2D eigenvalue weighted by Crippen LogP contribution is 2.32. The van der Waals surface area contributed by atoms with Crippen LogP contribution < -0.4 is 5.32 Å². The molecule has 2 rings (SSSR count). The van der Waals surface area contributed by atoms with E-state index in [1.165, 1.54) is 58.2 Å². The van der Waals surface area contributed by atoms with Crippen LogP contribution in [0, 0.1) is 5.92 Å². The topological polar surface area (TPSA) is 15.3 Å². The molecule has 0 aromatic rings. The van der Waals surface area contributed by atoms with E-state index in [4.69, 9.17) is 0 Å². The molecule has 0 aromatic heterocycles. The zero-order valence-corrected chi connectivity index (χ0v) is 11.0. The molecule has 2 fully saturated rings. The molecule has 1 heterocycles. The van der Waals surface area contributed by atoms with E-state index in [1.54, 1.807) is 0 Å². The molecule has 2 aliphatic rings. The van der Waals surface area contributed by atoms with Crippen LogP contribution in [0.1, 0.15) is 52.4 Å². The fraction of sp³-hybridized carbons (Fsp3) is 1.00. The number of rotatable bonds is 6. The molecule has 0 spiro atoms. The highest BCUT2D eigenvalue weighted by molar-refractivity contribution is 4.85. The number of hydrogen-bond acceptors (Lipinski definition) is 2. The van der Waals surface area contributed by atoms with Crippen LogP contribution in [0.3, 0.4) is 0 Å². The SMILES string of the molecule is CCCN(C(C)CC1CCC1)C1CCNC1. The minimum Gasteiger partial charge on any atom is -0.315 e. The molecule has 0 bridgehead atoms. The highest BCUT2D eigenvalue weighted by Gasteiger charge is 2.28. The third kappa shape index (κ3) is 2.98. The van der Waals surface area contributed by atoms with Gasteiger partial charge in [0.25, 0.3) is 0 Å². The van der Waals surface area contributed by atoms with Gasteiger partial charge in [0, 0.05) is 18.6 Å². The summed E-state index contributed by atoms with van der Waals surface area (Å²) in [7, 11) is 0. The zero-order chi connectivity index (χ0) is 11.4. The van der Waals surface area contributed by atoms with E-state index in [1.807, 2.05) is 0 Å². The summed E-state index contributed by atoms with van der Waals surface area (Å²) in [4.78, 5) is 2.78. The van der Waals surface area contributed by atoms with Crippen LogP contribution >= 0.6 is 0 Å². The highest BCUT2D eigenvalue weighted by atomic mass is 15.2. The first-order valence-corrected chi connectivity index (χ1v) is 7.27. The summed E-state index contributed by atoms with van der Waals surface area (Å²) >= 11 is 0. The van der Waals surface area contributed by atoms with Crippen molar-refractivity contribution in [2.45, 2.75) is 64.5 Å². The van der Waals surface area contributed by atoms with Crippen LogP contribution in [0.2, 0.25) is 0 Å². The predicted octanol–water partition coefficient (Wildman–Crippen LogP) is 2.64. The van der Waals surface area contributed by atoms with Gasteiger partial charge in [0.15, 0.2) is 0 Å². The zero-order valence-electron chi connectivity index (χ0n) is 11.0. The van der Waals surface area contributed by atoms with Crippen molar-refractivity contribution in [1.82, 2.24) is 10.2 Å². The summed E-state index contributed by atoms with van der Waals surface area (Å²) in [5, 5.41) is 3.51. The molecule has 0 amide bonds. The van der Waals surface area contributed by atoms with Crippen LogP contribution in [-0.4, -0.2) is 36.6 Å². The van der Waals surface area contributed by atoms with Gasteiger partial charge in [-0.15, -0.1) is 0 Å². The maximum atomic E-state index is 3.51. The van der Waals surface area contributed by atoms with E-state index in [2.05, 4.69) is 24.1 Å². The Balaban J connectivity index is 1.83. The van der Waals surface area contributed by atoms with Gasteiger partial charge < -0.3 is 5.32 Å². The molecule has 1 aliphatic carbocycles. The van der Waals surface area contributed by atoms with Crippen molar-refractivity contribution >= 4 is 0 Å². The van der Waals surface area contributed by atoms with Gasteiger partial charge in [-0.05, 0) is 45.2 Å². The van der Waals surface area contributed by atoms with E-state index in [-0.39, 0.29) is 0 Å². The molecule has 2 unspecified atom stereocenters. The molecule has 1 saturated carbocycles. The third-order valence-electron chi connectivity index (χ3n) is 4.45. The van der Waals surface area contributed by atoms with Crippen LogP contribution in [0.25, 0.3) is 0 Å². The smallest absolute Gasteiger partial charge is 0.0235 e. The van der Waals surface area contributed by atoms with E-state index >= 15 is 0 Å². The maximum absolute atomic E-state index is 3.51. The van der Waals surface area contributed by atoms with Gasteiger partial charge in [-0.25, -0.2) is 0 Å². The predicted molar refractivity (Wildman–Crippen MR) is 69.7 cm³/mol. The summed E-state index contributed by atoms with van der Waals surface area (Å²) in [6.45, 7) is 8.49. The Bertz CT molecular complexity index is 195. The lowest BCUT2D eigenvalue weighted by molar-refractivity contribution is 0.116. The standard InChI is InChI=1S/C14H28N2/c1-3-9-16(14-7-8-15-11-14)12(2)10-13-5-4-6-13/h12-15H,3-11H2,1-2H3. The minimum atomic E-state index is 0.801. The second-order valence-electron chi connectivity index (χ2n) is 5.77. The molecule has 1 saturated heterocycles. The Labute approximate surface area is 101 Å². The Kier molecular flexibility index (Phi) is 4.66. The largest absolute Gasteiger partial charge is 0.315 e. The molecule has 0 radical (unpaired) electrons. The van der Waals surface area contributed by atoms with Crippen molar-refractivity contribution in [3.8, 4) is 0 Å². The van der Waals surface area contributed by atoms with E-state index in [0.29, 0.717) is 0 Å². The van der Waals surface area contributed by atoms with Crippen molar-refractivity contribution in [3.05, 3.63) is 0 Å². The van der Waals surface area contributed by atoms with Gasteiger partial charge in [0.2, 0.25) is 0 Å². The lowest BCUT2D eigenvalue weighted by Gasteiger charge is -2.38. The molecular weight excluding hydrogens is 196 g/mol. The Morgan fingerprint density at radius 1 is 1.31 bits per heavy atom. The first-order valence-electron chi connectivity index (χ1n) is 7.27. The van der Waals surface area contributed by atoms with E-state index in [9.17, 15) is 0 Å². The van der Waals surface area contributed by atoms with E-state index < -0.39 is 0 Å². The molecule has 0 aromatic carbocycles. The molecule has 1 aliphatic heterocycles. The van der Waals surface area contributed by atoms with Crippen molar-refractivity contribution in [2.24, 2.45) is 5.92 Å². The molecule has 2 heteroatoms. The molecule has 94 valence electrons. The molecular formula is C14H28N2. The lowest BCUT2D eigenvalue weighted by Crippen LogP contribution is -2.44. The Hall–Kier alpha value is -0.0800. The van der Waals surface area contributed by atoms with Crippen molar-refractivity contribution in [2.75, 3.05) is 19.6 Å². The van der Waals surface area contributed by atoms with Gasteiger partial charge in [-0.1, -0.05) is 26.2 Å². The first-order chi connectivity index (χ1) is 7.81. The number of hydrogen-bond donors (Lipinski definition) is 1. The monoisotopic (exact) mass is 224 g/mol. The molecule has 1 N–H and O–H groups in total. The summed E-state index contributed by atoms with van der Waals surface area (Å²) in [6, 6.07) is 1.62. The summed E-state index contributed by atoms with van der Waals surface area (Å²) in [5.74, 6) is 1.05. The average molecular weight is 224 g/mol. The maximum Gasteiger partial charge on any atom is 0.0235 e. The van der Waals surface area contributed by atoms with Crippen LogP contribution in [0.15, 0.2) is 0 Å². The van der Waals surface area contributed by atoms with Gasteiger partial charge >= 0.3 is 0 Å². The second-order valence-corrected chi connectivity index (χ2v) is 5.77. The van der Waals surface area contributed by atoms with Crippen LogP contribution in [-0.2, 0) is 0 Å². The van der Waals surface area contributed by atoms with Gasteiger partial charge in [0.05, 0.1) is 0 Å². The molecule has 2 atom stereocenters. The van der Waals surface area contributed by atoms with Gasteiger partial charge in [-0.3, -0.25) is 4.90 Å². The van der Waals surface area contributed by atoms with Crippen molar-refractivity contribution < 1.29 is 0 Å². The first kappa shape index (κ1) is 12.4. The Morgan fingerprint density at radius 2 is 2.12 bits per heavy atom. The summed E-state index contributed by atoms with van der Waals surface area (Å²) in [6.07, 6.45) is 8.56. The third-order valence-corrected chi connectivity index (χ3v) is 4.45. The quantitative estimate of drug-likeness (QED) is 0.746. The summed E-state index contributed by atoms with van der Waals surface area (Å²) < 4.78 is 0. The van der Waals surface area contributed by atoms with Crippen molar-refractivity contribution in [3.63, 3.8) is 0 Å². The normalized spacial score (nSPS) is 28.3. The average Bonchev–Trinajstić information content (AvgIpc) is 2.72. The number of nitrogens with one attached hydrogen (secondary N) is 1. The van der Waals surface area contributed by atoms with E-state index in [0.717, 1.165) is 18.0 Å². The second kappa shape index (κ2) is 6.02. The van der Waals surface area contributed by atoms with Crippen LogP contribution in [0.4, 0.5) is 0 Å². The minimum absolute atomic E-state index is 0.801. The fourth-order valence-corrected chi connectivity index (χ4v) is 3.29. The summed E-state index contributed by atoms with van der Waals surface area (Å²) in [5.41, 5.74) is 0. The number of nitrogens with zero attached hydrogens (tertiary/aromatic N) is 1. The molecule has 2 nitrogen and oxygen atoms in total. The Morgan fingerprint density at radius 3 is 2.62 bits per heavy atom. The van der Waals surface area contributed by atoms with Crippen LogP contribution in [0.5, 0.6) is 0 Å². The lowest BCUT2D eigenvalue weighted by atomic mass is 9.80.